The molecule has 0 aliphatic carbocycles. The molecule has 0 unspecified atom stereocenters. The van der Waals surface area contributed by atoms with Gasteiger partial charge in [-0.25, -0.2) is 0 Å². The second-order valence-electron chi connectivity index (χ2n) is 1.48. The summed E-state index contributed by atoms with van der Waals surface area (Å²) < 4.78 is 0. The Bertz CT molecular complexity index is 96.7. The zero-order valence-electron chi connectivity index (χ0n) is 5.27. The lowest BCUT2D eigenvalue weighted by Gasteiger charge is -1.90. The number of hydrogen-bond acceptors (Lipinski definition) is 2. The van der Waals surface area contributed by atoms with E-state index in [-0.39, 0.29) is 0 Å². The molecule has 0 atom stereocenters. The van der Waals surface area contributed by atoms with Gasteiger partial charge in [0.05, 0.1) is 0 Å². The van der Waals surface area contributed by atoms with Crippen LogP contribution in [0.4, 0.5) is 0 Å². The first-order chi connectivity index (χ1) is 3.85. The zero-order chi connectivity index (χ0) is 6.41. The summed E-state index contributed by atoms with van der Waals surface area (Å²) >= 11 is 0. The summed E-state index contributed by atoms with van der Waals surface area (Å²) in [6, 6.07) is 0. The lowest BCUT2D eigenvalue weighted by Crippen LogP contribution is -1.96. The van der Waals surface area contributed by atoms with Gasteiger partial charge in [-0.05, 0) is 6.42 Å². The predicted octanol–water partition coefficient (Wildman–Crippen LogP) is 0.699. The molecular weight excluding hydrogens is 102 g/mol. The minimum Gasteiger partial charge on any atom is -0.394 e. The first-order valence-corrected chi connectivity index (χ1v) is 2.66. The molecule has 0 saturated heterocycles. The van der Waals surface area contributed by atoms with Crippen molar-refractivity contribution in [3.8, 4) is 0 Å². The van der Waals surface area contributed by atoms with Crippen molar-refractivity contribution in [1.82, 2.24) is 5.32 Å². The SMILES string of the molecule is CC/C(C=O)=C\NC. The van der Waals surface area contributed by atoms with E-state index >= 15 is 0 Å². The van der Waals surface area contributed by atoms with Crippen LogP contribution in [0, 0.1) is 0 Å². The van der Waals surface area contributed by atoms with Crippen molar-refractivity contribution in [2.45, 2.75) is 13.3 Å². The van der Waals surface area contributed by atoms with Gasteiger partial charge < -0.3 is 5.32 Å². The van der Waals surface area contributed by atoms with Crippen molar-refractivity contribution in [2.75, 3.05) is 7.05 Å². The fraction of sp³-hybridized carbons (Fsp3) is 0.500. The Hall–Kier alpha value is -0.790. The molecule has 46 valence electrons. The van der Waals surface area contributed by atoms with E-state index in [2.05, 4.69) is 5.32 Å². The van der Waals surface area contributed by atoms with E-state index in [0.29, 0.717) is 0 Å². The van der Waals surface area contributed by atoms with Crippen molar-refractivity contribution in [2.24, 2.45) is 0 Å². The van der Waals surface area contributed by atoms with Crippen LogP contribution in [0.15, 0.2) is 11.8 Å². The Morgan fingerprint density at radius 2 is 2.38 bits per heavy atom. The monoisotopic (exact) mass is 113 g/mol. The maximum absolute atomic E-state index is 10.0. The third-order valence-electron chi connectivity index (χ3n) is 0.889. The lowest BCUT2D eigenvalue weighted by molar-refractivity contribution is -0.105. The molecule has 0 aliphatic rings. The Kier molecular flexibility index (Phi) is 3.94. The Balaban J connectivity index is 3.66. The third kappa shape index (κ3) is 2.39. The van der Waals surface area contributed by atoms with E-state index in [9.17, 15) is 4.79 Å². The van der Waals surface area contributed by atoms with E-state index in [1.54, 1.807) is 13.2 Å². The number of nitrogens with one attached hydrogen (secondary N) is 1. The first-order valence-electron chi connectivity index (χ1n) is 2.66. The van der Waals surface area contributed by atoms with Crippen molar-refractivity contribution in [3.05, 3.63) is 11.8 Å². The maximum Gasteiger partial charge on any atom is 0.147 e. The van der Waals surface area contributed by atoms with Crippen molar-refractivity contribution >= 4 is 6.29 Å². The van der Waals surface area contributed by atoms with Gasteiger partial charge in [0.15, 0.2) is 0 Å². The molecule has 0 aromatic heterocycles. The molecule has 0 radical (unpaired) electrons. The van der Waals surface area contributed by atoms with Crippen LogP contribution in [0.2, 0.25) is 0 Å². The highest BCUT2D eigenvalue weighted by Crippen LogP contribution is 1.91. The molecule has 0 aliphatic heterocycles. The van der Waals surface area contributed by atoms with E-state index in [0.717, 1.165) is 18.3 Å². The summed E-state index contributed by atoms with van der Waals surface area (Å²) in [4.78, 5) is 10.0. The summed E-state index contributed by atoms with van der Waals surface area (Å²) in [5.41, 5.74) is 0.799. The normalized spacial score (nSPS) is 11.0. The summed E-state index contributed by atoms with van der Waals surface area (Å²) in [5, 5.41) is 2.78. The van der Waals surface area contributed by atoms with Crippen LogP contribution in [0.5, 0.6) is 0 Å². The van der Waals surface area contributed by atoms with Gasteiger partial charge in [0, 0.05) is 18.8 Å². The second-order valence-corrected chi connectivity index (χ2v) is 1.48. The molecule has 0 aromatic carbocycles. The highest BCUT2D eigenvalue weighted by molar-refractivity contribution is 5.72. The molecule has 0 rings (SSSR count). The van der Waals surface area contributed by atoms with Gasteiger partial charge in [-0.3, -0.25) is 4.79 Å². The minimum absolute atomic E-state index is 0.796. The third-order valence-corrected chi connectivity index (χ3v) is 0.889. The largest absolute Gasteiger partial charge is 0.394 e. The molecule has 2 nitrogen and oxygen atoms in total. The van der Waals surface area contributed by atoms with Gasteiger partial charge in [0.1, 0.15) is 6.29 Å². The number of carbonyl (C=O) groups is 1. The highest BCUT2D eigenvalue weighted by atomic mass is 16.1. The van der Waals surface area contributed by atoms with Crippen LogP contribution in [0.1, 0.15) is 13.3 Å². The molecule has 8 heavy (non-hydrogen) atoms. The summed E-state index contributed by atoms with van der Waals surface area (Å²) in [7, 11) is 1.78. The molecule has 0 bridgehead atoms. The number of rotatable bonds is 3. The van der Waals surface area contributed by atoms with Crippen molar-refractivity contribution in [1.29, 1.82) is 0 Å². The number of carbonyl (C=O) groups excluding carboxylic acids is 1. The van der Waals surface area contributed by atoms with Gasteiger partial charge in [-0.15, -0.1) is 0 Å². The van der Waals surface area contributed by atoms with Gasteiger partial charge in [0.2, 0.25) is 0 Å². The minimum atomic E-state index is 0.796. The molecule has 0 aromatic rings. The van der Waals surface area contributed by atoms with E-state index < -0.39 is 0 Å². The van der Waals surface area contributed by atoms with E-state index in [1.807, 2.05) is 6.92 Å². The number of hydrogen-bond donors (Lipinski definition) is 1. The van der Waals surface area contributed by atoms with Crippen molar-refractivity contribution < 1.29 is 4.79 Å². The molecule has 0 spiro atoms. The molecule has 2 heteroatoms. The second kappa shape index (κ2) is 4.37. The Morgan fingerprint density at radius 3 is 2.50 bits per heavy atom. The van der Waals surface area contributed by atoms with Crippen LogP contribution in [-0.2, 0) is 4.79 Å². The average molecular weight is 113 g/mol. The van der Waals surface area contributed by atoms with Gasteiger partial charge in [-0.2, -0.15) is 0 Å². The summed E-state index contributed by atoms with van der Waals surface area (Å²) in [6.07, 6.45) is 3.36. The smallest absolute Gasteiger partial charge is 0.147 e. The molecule has 0 amide bonds. The summed E-state index contributed by atoms with van der Waals surface area (Å²) in [5.74, 6) is 0. The van der Waals surface area contributed by atoms with Crippen LogP contribution in [-0.4, -0.2) is 13.3 Å². The van der Waals surface area contributed by atoms with Crippen molar-refractivity contribution in [3.63, 3.8) is 0 Å². The van der Waals surface area contributed by atoms with Crippen LogP contribution in [0.3, 0.4) is 0 Å². The molecular formula is C6H11NO. The Morgan fingerprint density at radius 1 is 1.75 bits per heavy atom. The molecule has 0 heterocycles. The quantitative estimate of drug-likeness (QED) is 0.431. The fourth-order valence-corrected chi connectivity index (χ4v) is 0.405. The van der Waals surface area contributed by atoms with Gasteiger partial charge in [0.25, 0.3) is 0 Å². The fourth-order valence-electron chi connectivity index (χ4n) is 0.405. The maximum atomic E-state index is 10.0. The zero-order valence-corrected chi connectivity index (χ0v) is 5.27. The van der Waals surface area contributed by atoms with Crippen LogP contribution < -0.4 is 5.32 Å². The van der Waals surface area contributed by atoms with E-state index in [1.165, 1.54) is 0 Å². The number of allylic oxidation sites excluding steroid dienone is 1. The van der Waals surface area contributed by atoms with E-state index in [4.69, 9.17) is 0 Å². The molecule has 1 N–H and O–H groups in total. The molecule has 0 saturated carbocycles. The summed E-state index contributed by atoms with van der Waals surface area (Å²) in [6.45, 7) is 1.94. The Labute approximate surface area is 49.6 Å². The highest BCUT2D eigenvalue weighted by Gasteiger charge is 1.84. The van der Waals surface area contributed by atoms with Gasteiger partial charge in [-0.1, -0.05) is 6.92 Å². The standard InChI is InChI=1S/C6H11NO/c1-3-6(5-8)4-7-2/h4-5,7H,3H2,1-2H3/b6-4+. The first kappa shape index (κ1) is 7.21. The average Bonchev–Trinajstić information content (AvgIpc) is 1.83. The van der Waals surface area contributed by atoms with Crippen LogP contribution in [0.25, 0.3) is 0 Å². The lowest BCUT2D eigenvalue weighted by atomic mass is 10.2. The number of aldehydes is 1. The van der Waals surface area contributed by atoms with Gasteiger partial charge >= 0.3 is 0 Å². The predicted molar refractivity (Wildman–Crippen MR) is 33.5 cm³/mol. The molecule has 0 fully saturated rings. The topological polar surface area (TPSA) is 29.1 Å². The van der Waals surface area contributed by atoms with Crippen LogP contribution >= 0.6 is 0 Å².